The van der Waals surface area contributed by atoms with E-state index in [1.54, 1.807) is 6.20 Å². The summed E-state index contributed by atoms with van der Waals surface area (Å²) in [5.41, 5.74) is 5.48. The Labute approximate surface area is 102 Å². The van der Waals surface area contributed by atoms with Gasteiger partial charge in [-0.3, -0.25) is 0 Å². The fraction of sp³-hybridized carbons (Fsp3) is 0.600. The van der Waals surface area contributed by atoms with E-state index in [1.807, 2.05) is 0 Å². The van der Waals surface area contributed by atoms with E-state index in [4.69, 9.17) is 15.2 Å². The Morgan fingerprint density at radius 1 is 1.56 bits per heavy atom. The zero-order valence-corrected chi connectivity index (χ0v) is 10.4. The first-order valence-electron chi connectivity index (χ1n) is 5.28. The minimum absolute atomic E-state index is 0.164. The minimum Gasteiger partial charge on any atom is -0.474 e. The van der Waals surface area contributed by atoms with Crippen LogP contribution in [0.3, 0.4) is 0 Å². The second kappa shape index (κ2) is 5.45. The quantitative estimate of drug-likeness (QED) is 0.917. The maximum absolute atomic E-state index is 5.55. The molecule has 0 radical (unpaired) electrons. The van der Waals surface area contributed by atoms with Crippen molar-refractivity contribution in [3.63, 3.8) is 0 Å². The van der Waals surface area contributed by atoms with Gasteiger partial charge in [-0.1, -0.05) is 0 Å². The number of ether oxygens (including phenoxy) is 2. The molecule has 1 saturated heterocycles. The molecular weight excluding hydrogens is 274 g/mol. The number of hydrogen-bond acceptors (Lipinski definition) is 5. The van der Waals surface area contributed by atoms with Gasteiger partial charge in [-0.15, -0.1) is 0 Å². The fourth-order valence-electron chi connectivity index (χ4n) is 1.58. The molecule has 1 aromatic heterocycles. The standard InChI is InChI=1S/C10H14BrN3O2/c11-8-5-13-10(12)14-9(8)16-6-7-3-1-2-4-15-7/h5,7H,1-4,6H2,(H2,12,13,14). The Hall–Kier alpha value is -0.880. The monoisotopic (exact) mass is 287 g/mol. The zero-order valence-electron chi connectivity index (χ0n) is 8.86. The molecule has 1 aliphatic heterocycles. The first kappa shape index (κ1) is 11.6. The second-order valence-corrected chi connectivity index (χ2v) is 4.54. The SMILES string of the molecule is Nc1ncc(Br)c(OCC2CCCCO2)n1. The summed E-state index contributed by atoms with van der Waals surface area (Å²) in [4.78, 5) is 7.84. The number of halogens is 1. The van der Waals surface area contributed by atoms with Crippen molar-refractivity contribution in [2.24, 2.45) is 0 Å². The van der Waals surface area contributed by atoms with Gasteiger partial charge in [0.1, 0.15) is 6.61 Å². The molecule has 1 atom stereocenters. The van der Waals surface area contributed by atoms with E-state index < -0.39 is 0 Å². The smallest absolute Gasteiger partial charge is 0.232 e. The van der Waals surface area contributed by atoms with Crippen LogP contribution >= 0.6 is 15.9 Å². The maximum atomic E-state index is 5.55. The van der Waals surface area contributed by atoms with E-state index in [0.717, 1.165) is 19.4 Å². The Bertz CT molecular complexity index is 356. The fourth-order valence-corrected chi connectivity index (χ4v) is 1.88. The molecule has 2 heterocycles. The summed E-state index contributed by atoms with van der Waals surface area (Å²) < 4.78 is 11.8. The molecule has 1 aromatic rings. The predicted octanol–water partition coefficient (Wildman–Crippen LogP) is 1.77. The van der Waals surface area contributed by atoms with Gasteiger partial charge in [-0.05, 0) is 35.2 Å². The van der Waals surface area contributed by atoms with Crippen LogP contribution in [0.25, 0.3) is 0 Å². The summed E-state index contributed by atoms with van der Waals surface area (Å²) in [6, 6.07) is 0. The average Bonchev–Trinajstić information content (AvgIpc) is 2.32. The van der Waals surface area contributed by atoms with Gasteiger partial charge in [0.2, 0.25) is 11.8 Å². The third-order valence-corrected chi connectivity index (χ3v) is 2.95. The van der Waals surface area contributed by atoms with Crippen molar-refractivity contribution in [1.29, 1.82) is 0 Å². The number of aromatic nitrogens is 2. The largest absolute Gasteiger partial charge is 0.474 e. The van der Waals surface area contributed by atoms with Crippen LogP contribution in [0, 0.1) is 0 Å². The summed E-state index contributed by atoms with van der Waals surface area (Å²) in [6.45, 7) is 1.33. The van der Waals surface area contributed by atoms with Crippen LogP contribution in [0.5, 0.6) is 5.88 Å². The molecule has 5 nitrogen and oxygen atoms in total. The van der Waals surface area contributed by atoms with Gasteiger partial charge < -0.3 is 15.2 Å². The highest BCUT2D eigenvalue weighted by atomic mass is 79.9. The van der Waals surface area contributed by atoms with Crippen molar-refractivity contribution in [1.82, 2.24) is 9.97 Å². The van der Waals surface area contributed by atoms with Crippen LogP contribution in [0.15, 0.2) is 10.7 Å². The van der Waals surface area contributed by atoms with Gasteiger partial charge in [0, 0.05) is 6.61 Å². The van der Waals surface area contributed by atoms with Crippen LogP contribution in [-0.2, 0) is 4.74 Å². The number of anilines is 1. The number of hydrogen-bond donors (Lipinski definition) is 1. The molecule has 0 bridgehead atoms. The van der Waals surface area contributed by atoms with E-state index in [2.05, 4.69) is 25.9 Å². The molecule has 88 valence electrons. The molecule has 1 unspecified atom stereocenters. The Morgan fingerprint density at radius 2 is 2.44 bits per heavy atom. The highest BCUT2D eigenvalue weighted by Crippen LogP contribution is 2.22. The van der Waals surface area contributed by atoms with E-state index in [9.17, 15) is 0 Å². The zero-order chi connectivity index (χ0) is 11.4. The molecule has 16 heavy (non-hydrogen) atoms. The second-order valence-electron chi connectivity index (χ2n) is 3.68. The summed E-state index contributed by atoms with van der Waals surface area (Å²) in [5, 5.41) is 0. The number of nitrogens with zero attached hydrogens (tertiary/aromatic N) is 2. The van der Waals surface area contributed by atoms with Gasteiger partial charge >= 0.3 is 0 Å². The summed E-state index contributed by atoms with van der Waals surface area (Å²) in [6.07, 6.45) is 5.12. The molecule has 1 fully saturated rings. The molecule has 1 aliphatic rings. The summed E-state index contributed by atoms with van der Waals surface area (Å²) in [7, 11) is 0. The highest BCUT2D eigenvalue weighted by molar-refractivity contribution is 9.10. The maximum Gasteiger partial charge on any atom is 0.232 e. The topological polar surface area (TPSA) is 70.3 Å². The molecular formula is C10H14BrN3O2. The first-order valence-corrected chi connectivity index (χ1v) is 6.07. The third kappa shape index (κ3) is 3.05. The van der Waals surface area contributed by atoms with E-state index >= 15 is 0 Å². The van der Waals surface area contributed by atoms with Crippen molar-refractivity contribution in [3.05, 3.63) is 10.7 Å². The van der Waals surface area contributed by atoms with Crippen LogP contribution in [0.1, 0.15) is 19.3 Å². The molecule has 0 aromatic carbocycles. The third-order valence-electron chi connectivity index (χ3n) is 2.41. The van der Waals surface area contributed by atoms with Gasteiger partial charge in [0.15, 0.2) is 0 Å². The van der Waals surface area contributed by atoms with Crippen molar-refractivity contribution in [3.8, 4) is 5.88 Å². The van der Waals surface area contributed by atoms with Gasteiger partial charge in [0.05, 0.1) is 16.8 Å². The molecule has 0 aliphatic carbocycles. The lowest BCUT2D eigenvalue weighted by Gasteiger charge is -2.22. The van der Waals surface area contributed by atoms with Crippen molar-refractivity contribution in [2.75, 3.05) is 18.9 Å². The normalized spacial score (nSPS) is 20.7. The lowest BCUT2D eigenvalue weighted by atomic mass is 10.1. The molecule has 0 amide bonds. The molecule has 6 heteroatoms. The van der Waals surface area contributed by atoms with Crippen LogP contribution < -0.4 is 10.5 Å². The lowest BCUT2D eigenvalue weighted by molar-refractivity contribution is -0.0121. The summed E-state index contributed by atoms with van der Waals surface area (Å²) >= 11 is 3.31. The van der Waals surface area contributed by atoms with Crippen molar-refractivity contribution >= 4 is 21.9 Å². The number of nitrogens with two attached hydrogens (primary N) is 1. The van der Waals surface area contributed by atoms with Crippen molar-refractivity contribution in [2.45, 2.75) is 25.4 Å². The van der Waals surface area contributed by atoms with Crippen LogP contribution in [-0.4, -0.2) is 29.3 Å². The van der Waals surface area contributed by atoms with E-state index in [1.165, 1.54) is 6.42 Å². The lowest BCUT2D eigenvalue weighted by Crippen LogP contribution is -2.26. The van der Waals surface area contributed by atoms with Crippen LogP contribution in [0.4, 0.5) is 5.95 Å². The first-order chi connectivity index (χ1) is 7.75. The number of nitrogen functional groups attached to an aromatic ring is 1. The molecule has 2 rings (SSSR count). The van der Waals surface area contributed by atoms with E-state index in [-0.39, 0.29) is 12.1 Å². The Balaban J connectivity index is 1.90. The molecule has 2 N–H and O–H groups in total. The predicted molar refractivity (Wildman–Crippen MR) is 63.2 cm³/mol. The highest BCUT2D eigenvalue weighted by Gasteiger charge is 2.15. The Kier molecular flexibility index (Phi) is 3.95. The van der Waals surface area contributed by atoms with Crippen molar-refractivity contribution < 1.29 is 9.47 Å². The number of rotatable bonds is 3. The minimum atomic E-state index is 0.164. The molecule has 0 saturated carbocycles. The molecule has 0 spiro atoms. The van der Waals surface area contributed by atoms with Gasteiger partial charge in [0.25, 0.3) is 0 Å². The average molecular weight is 288 g/mol. The van der Waals surface area contributed by atoms with Crippen LogP contribution in [0.2, 0.25) is 0 Å². The summed E-state index contributed by atoms with van der Waals surface area (Å²) in [5.74, 6) is 0.685. The Morgan fingerprint density at radius 3 is 3.19 bits per heavy atom. The van der Waals surface area contributed by atoms with Gasteiger partial charge in [-0.25, -0.2) is 4.98 Å². The van der Waals surface area contributed by atoms with E-state index in [0.29, 0.717) is 17.0 Å². The van der Waals surface area contributed by atoms with Gasteiger partial charge in [-0.2, -0.15) is 4.98 Å².